The van der Waals surface area contributed by atoms with Crippen molar-refractivity contribution < 1.29 is 34.8 Å². The zero-order chi connectivity index (χ0) is 33.7. The average Bonchev–Trinajstić information content (AvgIpc) is 3.21. The second kappa shape index (κ2) is 12.8. The van der Waals surface area contributed by atoms with E-state index in [1.54, 1.807) is 6.08 Å². The third kappa shape index (κ3) is 5.95. The predicted octanol–water partition coefficient (Wildman–Crippen LogP) is 2.61. The quantitative estimate of drug-likeness (QED) is 0.105. The average molecular weight is 656 g/mol. The van der Waals surface area contributed by atoms with Gasteiger partial charge >= 0.3 is 11.9 Å². The Labute approximate surface area is 274 Å². The standard InChI is InChI=1S/C33H45N5O7S/c1-6-19-15(2)23(35-32(19)45)11-24-21(14-39)20(7-9-28(40)41)26(34-24)13-33-22(8-10-29(42)43)16(3)27(38(33)37-33)12-25-30(18(5)46)17(4)31(44)36-25/h6,12-13,15,17-18,23-25,30,34-35,37,39,45-46H,1,7-11,14H2,2-5H3,(H,36,44)(H,40,41)(H,42,43)/b26-13-,27-12+/t15?,17-,18+,23-,24?,25?,30+,33-,38?/m1/s1. The highest BCUT2D eigenvalue weighted by Gasteiger charge is 2.60. The minimum Gasteiger partial charge on any atom is -0.495 e. The number of allylic oxidation sites excluding steroid dienone is 3. The highest BCUT2D eigenvalue weighted by molar-refractivity contribution is 7.80. The minimum atomic E-state index is -0.961. The number of hydrazine groups is 1. The van der Waals surface area contributed by atoms with Gasteiger partial charge in [0.2, 0.25) is 5.91 Å². The van der Waals surface area contributed by atoms with Gasteiger partial charge in [0.1, 0.15) is 0 Å². The molecule has 46 heavy (non-hydrogen) atoms. The van der Waals surface area contributed by atoms with Gasteiger partial charge in [-0.3, -0.25) is 19.4 Å². The van der Waals surface area contributed by atoms with E-state index in [4.69, 9.17) is 0 Å². The smallest absolute Gasteiger partial charge is 0.303 e. The first-order valence-electron chi connectivity index (χ1n) is 15.8. The second-order valence-electron chi connectivity index (χ2n) is 13.0. The normalized spacial score (nSPS) is 34.3. The number of aliphatic hydroxyl groups excluding tert-OH is 2. The minimum absolute atomic E-state index is 0.0350. The molecule has 0 aromatic heterocycles. The number of carboxylic acids is 2. The summed E-state index contributed by atoms with van der Waals surface area (Å²) >= 11 is 4.67. The van der Waals surface area contributed by atoms with Crippen molar-refractivity contribution in [1.82, 2.24) is 26.4 Å². The van der Waals surface area contributed by atoms with E-state index in [-0.39, 0.29) is 85.2 Å². The molecule has 5 rings (SSSR count). The lowest BCUT2D eigenvalue weighted by molar-refractivity contribution is -0.138. The van der Waals surface area contributed by atoms with Crippen molar-refractivity contribution in [2.75, 3.05) is 6.61 Å². The third-order valence-corrected chi connectivity index (χ3v) is 10.6. The molecule has 0 aromatic rings. The number of carbonyl (C=O) groups is 3. The number of aliphatic hydroxyl groups is 2. The van der Waals surface area contributed by atoms with Gasteiger partial charge in [-0.2, -0.15) is 18.1 Å². The number of hydrogen-bond donors (Lipinski definition) is 9. The number of nitrogens with zero attached hydrogens (tertiary/aromatic N) is 1. The molecule has 2 fully saturated rings. The van der Waals surface area contributed by atoms with Crippen LogP contribution >= 0.6 is 12.6 Å². The van der Waals surface area contributed by atoms with Gasteiger partial charge < -0.3 is 36.4 Å². The fourth-order valence-electron chi connectivity index (χ4n) is 7.75. The van der Waals surface area contributed by atoms with Crippen LogP contribution in [0.3, 0.4) is 0 Å². The van der Waals surface area contributed by atoms with Gasteiger partial charge in [-0.05, 0) is 60.6 Å². The van der Waals surface area contributed by atoms with Crippen LogP contribution in [0, 0.1) is 17.8 Å². The first kappa shape index (κ1) is 33.7. The Balaban J connectivity index is 1.51. The number of thiol groups is 1. The van der Waals surface area contributed by atoms with Crippen LogP contribution in [0.25, 0.3) is 0 Å². The molecule has 5 heterocycles. The van der Waals surface area contributed by atoms with Gasteiger partial charge in [0.05, 0.1) is 24.4 Å². The Morgan fingerprint density at radius 1 is 1.11 bits per heavy atom. The number of carbonyl (C=O) groups excluding carboxylic acids is 1. The van der Waals surface area contributed by atoms with E-state index in [0.717, 1.165) is 16.8 Å². The van der Waals surface area contributed by atoms with Crippen LogP contribution in [0.15, 0.2) is 69.9 Å². The molecule has 3 unspecified atom stereocenters. The maximum atomic E-state index is 12.6. The maximum Gasteiger partial charge on any atom is 0.303 e. The summed E-state index contributed by atoms with van der Waals surface area (Å²) in [6.07, 6.45) is 6.36. The molecule has 0 aromatic carbocycles. The van der Waals surface area contributed by atoms with Gasteiger partial charge in [0, 0.05) is 53.2 Å². The van der Waals surface area contributed by atoms with Crippen molar-refractivity contribution in [2.24, 2.45) is 17.8 Å². The summed E-state index contributed by atoms with van der Waals surface area (Å²) < 4.78 is 0. The van der Waals surface area contributed by atoms with Crippen molar-refractivity contribution in [3.8, 4) is 0 Å². The lowest BCUT2D eigenvalue weighted by Gasteiger charge is -2.23. The van der Waals surface area contributed by atoms with E-state index in [9.17, 15) is 34.8 Å². The monoisotopic (exact) mass is 655 g/mol. The summed E-state index contributed by atoms with van der Waals surface area (Å²) in [5, 5.41) is 51.7. The number of rotatable bonds is 13. The molecule has 2 saturated heterocycles. The summed E-state index contributed by atoms with van der Waals surface area (Å²) in [6.45, 7) is 11.3. The number of nitrogens with one attached hydrogen (secondary N) is 4. The lowest BCUT2D eigenvalue weighted by Crippen LogP contribution is -2.37. The second-order valence-corrected chi connectivity index (χ2v) is 13.8. The van der Waals surface area contributed by atoms with Crippen LogP contribution in [-0.2, 0) is 14.4 Å². The SMILES string of the molecule is C=CC1=C(O)N[C@H](CC2N/C(=C\[C@@]34NN3/C(=C/C3NC(=O)[C@H](C)[C@H]3[C@H](C)S)C(C)=C4CCC(=O)O)C(CCC(=O)O)=C2CO)C1C. The van der Waals surface area contributed by atoms with Gasteiger partial charge in [-0.15, -0.1) is 0 Å². The van der Waals surface area contributed by atoms with Crippen LogP contribution in [0.4, 0.5) is 0 Å². The van der Waals surface area contributed by atoms with Crippen molar-refractivity contribution in [2.45, 2.75) is 88.8 Å². The largest absolute Gasteiger partial charge is 0.495 e. The van der Waals surface area contributed by atoms with Crippen LogP contribution in [0.1, 0.15) is 59.8 Å². The number of amides is 1. The van der Waals surface area contributed by atoms with E-state index in [0.29, 0.717) is 28.8 Å². The first-order valence-corrected chi connectivity index (χ1v) is 16.3. The van der Waals surface area contributed by atoms with Crippen LogP contribution in [0.5, 0.6) is 0 Å². The first-order chi connectivity index (χ1) is 21.7. The molecule has 8 atom stereocenters. The summed E-state index contributed by atoms with van der Waals surface area (Å²) in [7, 11) is 0. The molecule has 0 saturated carbocycles. The summed E-state index contributed by atoms with van der Waals surface area (Å²) in [5.74, 6) is -2.13. The summed E-state index contributed by atoms with van der Waals surface area (Å²) in [5.41, 5.74) is 7.97. The van der Waals surface area contributed by atoms with E-state index in [2.05, 4.69) is 40.6 Å². The zero-order valence-electron chi connectivity index (χ0n) is 26.6. The van der Waals surface area contributed by atoms with Gasteiger partial charge in [0.25, 0.3) is 0 Å². The Kier molecular flexibility index (Phi) is 9.40. The summed E-state index contributed by atoms with van der Waals surface area (Å²) in [6, 6.07) is -0.752. The van der Waals surface area contributed by atoms with Crippen molar-refractivity contribution in [3.05, 3.63) is 69.9 Å². The van der Waals surface area contributed by atoms with Crippen LogP contribution in [0.2, 0.25) is 0 Å². The molecular weight excluding hydrogens is 610 g/mol. The van der Waals surface area contributed by atoms with Gasteiger partial charge in [-0.25, -0.2) is 0 Å². The van der Waals surface area contributed by atoms with Crippen LogP contribution < -0.4 is 21.4 Å². The lowest BCUT2D eigenvalue weighted by atomic mass is 9.88. The molecule has 0 radical (unpaired) electrons. The van der Waals surface area contributed by atoms with Crippen molar-refractivity contribution in [3.63, 3.8) is 0 Å². The molecule has 0 bridgehead atoms. The Hall–Kier alpha value is -3.68. The molecule has 0 aliphatic carbocycles. The van der Waals surface area contributed by atoms with E-state index in [1.807, 2.05) is 44.9 Å². The highest BCUT2D eigenvalue weighted by atomic mass is 32.1. The molecule has 5 aliphatic rings. The van der Waals surface area contributed by atoms with E-state index >= 15 is 0 Å². The molecule has 250 valence electrons. The third-order valence-electron chi connectivity index (χ3n) is 10.3. The number of hydrogen-bond acceptors (Lipinski definition) is 10. The number of carboxylic acid groups (broad SMARTS) is 2. The molecule has 5 aliphatic heterocycles. The molecule has 0 spiro atoms. The molecule has 13 heteroatoms. The number of fused-ring (bicyclic) bond motifs is 1. The zero-order valence-corrected chi connectivity index (χ0v) is 27.5. The number of aliphatic carboxylic acids is 2. The Bertz CT molecular complexity index is 1500. The molecular formula is C33H45N5O7S. The molecule has 12 nitrogen and oxygen atoms in total. The predicted molar refractivity (Wildman–Crippen MR) is 175 cm³/mol. The van der Waals surface area contributed by atoms with E-state index in [1.165, 1.54) is 0 Å². The van der Waals surface area contributed by atoms with Crippen molar-refractivity contribution in [1.29, 1.82) is 0 Å². The Morgan fingerprint density at radius 2 is 1.78 bits per heavy atom. The fourth-order valence-corrected chi connectivity index (χ4v) is 8.19. The molecule has 8 N–H and O–H groups in total. The van der Waals surface area contributed by atoms with Crippen LogP contribution in [-0.4, -0.2) is 78.9 Å². The highest BCUT2D eigenvalue weighted by Crippen LogP contribution is 2.52. The molecule has 1 amide bonds. The fraction of sp³-hybridized carbons (Fsp3) is 0.545. The van der Waals surface area contributed by atoms with Gasteiger partial charge in [-0.1, -0.05) is 33.4 Å². The Morgan fingerprint density at radius 3 is 2.37 bits per heavy atom. The van der Waals surface area contributed by atoms with E-state index < -0.39 is 17.6 Å². The summed E-state index contributed by atoms with van der Waals surface area (Å²) in [4.78, 5) is 36.0. The van der Waals surface area contributed by atoms with Crippen molar-refractivity contribution >= 4 is 30.5 Å². The maximum absolute atomic E-state index is 12.6. The topological polar surface area (TPSA) is 193 Å². The van der Waals surface area contributed by atoms with Gasteiger partial charge in [0.15, 0.2) is 11.5 Å².